The number of hydrogen-bond donors (Lipinski definition) is 1. The second kappa shape index (κ2) is 5.75. The third kappa shape index (κ3) is 2.87. The normalized spacial score (nSPS) is 14.1. The molecule has 19 heavy (non-hydrogen) atoms. The molecule has 0 aliphatic carbocycles. The summed E-state index contributed by atoms with van der Waals surface area (Å²) < 4.78 is 10.3. The van der Waals surface area contributed by atoms with Crippen LogP contribution < -0.4 is 10.5 Å². The van der Waals surface area contributed by atoms with Crippen LogP contribution in [-0.2, 0) is 0 Å². The fourth-order valence-corrected chi connectivity index (χ4v) is 1.83. The monoisotopic (exact) mass is 263 g/mol. The number of aromatic nitrogens is 4. The van der Waals surface area contributed by atoms with Crippen molar-refractivity contribution >= 4 is 0 Å². The fraction of sp³-hybridized carbons (Fsp3) is 0.500. The van der Waals surface area contributed by atoms with Gasteiger partial charge in [0.2, 0.25) is 17.6 Å². The predicted octanol–water partition coefficient (Wildman–Crippen LogP) is 1.38. The molecule has 0 spiro atoms. The summed E-state index contributed by atoms with van der Waals surface area (Å²) in [5.41, 5.74) is 6.46. The van der Waals surface area contributed by atoms with Gasteiger partial charge in [0.05, 0.1) is 13.0 Å². The van der Waals surface area contributed by atoms with Gasteiger partial charge < -0.3 is 15.0 Å². The minimum atomic E-state index is -0.0433. The Bertz CT molecular complexity index is 540. The summed E-state index contributed by atoms with van der Waals surface area (Å²) in [6, 6.07) is 1.61. The van der Waals surface area contributed by atoms with Crippen molar-refractivity contribution in [2.75, 3.05) is 7.11 Å². The first kappa shape index (κ1) is 13.4. The number of hydrogen-bond acceptors (Lipinski definition) is 7. The van der Waals surface area contributed by atoms with Crippen LogP contribution in [0.15, 0.2) is 16.9 Å². The molecule has 2 N–H and O–H groups in total. The standard InChI is InChI=1S/C12H17N5O2/c1-4-8(7(2)13)12-16-11(17-19-12)9-5-10(18-3)15-6-14-9/h5-8H,4,13H2,1-3H3. The third-order valence-electron chi connectivity index (χ3n) is 2.91. The molecular formula is C12H17N5O2. The van der Waals surface area contributed by atoms with Crippen molar-refractivity contribution in [2.45, 2.75) is 32.2 Å². The largest absolute Gasteiger partial charge is 0.481 e. The highest BCUT2D eigenvalue weighted by atomic mass is 16.5. The number of methoxy groups -OCH3 is 1. The first-order valence-corrected chi connectivity index (χ1v) is 6.11. The molecule has 2 atom stereocenters. The maximum atomic E-state index is 5.90. The maximum absolute atomic E-state index is 5.90. The van der Waals surface area contributed by atoms with Crippen LogP contribution in [0.3, 0.4) is 0 Å². The van der Waals surface area contributed by atoms with Gasteiger partial charge >= 0.3 is 0 Å². The van der Waals surface area contributed by atoms with Crippen molar-refractivity contribution in [3.05, 3.63) is 18.3 Å². The molecule has 0 saturated heterocycles. The molecule has 7 nitrogen and oxygen atoms in total. The summed E-state index contributed by atoms with van der Waals surface area (Å²) in [4.78, 5) is 12.4. The van der Waals surface area contributed by atoms with E-state index < -0.39 is 0 Å². The van der Waals surface area contributed by atoms with Gasteiger partial charge in [-0.1, -0.05) is 12.1 Å². The van der Waals surface area contributed by atoms with E-state index in [4.69, 9.17) is 15.0 Å². The van der Waals surface area contributed by atoms with Crippen molar-refractivity contribution in [3.8, 4) is 17.4 Å². The Morgan fingerprint density at radius 1 is 1.42 bits per heavy atom. The quantitative estimate of drug-likeness (QED) is 0.869. The average molecular weight is 263 g/mol. The van der Waals surface area contributed by atoms with Gasteiger partial charge in [0, 0.05) is 12.1 Å². The van der Waals surface area contributed by atoms with Crippen LogP contribution in [0.1, 0.15) is 32.1 Å². The van der Waals surface area contributed by atoms with Crippen LogP contribution in [0.5, 0.6) is 5.88 Å². The Kier molecular flexibility index (Phi) is 4.06. The molecule has 2 heterocycles. The van der Waals surface area contributed by atoms with E-state index in [9.17, 15) is 0 Å². The summed E-state index contributed by atoms with van der Waals surface area (Å²) in [5, 5.41) is 3.93. The summed E-state index contributed by atoms with van der Waals surface area (Å²) in [7, 11) is 1.54. The highest BCUT2D eigenvalue weighted by Crippen LogP contribution is 2.23. The SMILES string of the molecule is CCC(c1nc(-c2cc(OC)ncn2)no1)C(C)N. The summed E-state index contributed by atoms with van der Waals surface area (Å²) >= 11 is 0. The van der Waals surface area contributed by atoms with Gasteiger partial charge in [-0.25, -0.2) is 9.97 Å². The van der Waals surface area contributed by atoms with E-state index in [1.807, 2.05) is 13.8 Å². The van der Waals surface area contributed by atoms with Gasteiger partial charge in [0.25, 0.3) is 0 Å². The van der Waals surface area contributed by atoms with Crippen molar-refractivity contribution in [3.63, 3.8) is 0 Å². The summed E-state index contributed by atoms with van der Waals surface area (Å²) in [5.74, 6) is 1.44. The summed E-state index contributed by atoms with van der Waals surface area (Å²) in [6.45, 7) is 3.96. The Morgan fingerprint density at radius 3 is 2.84 bits per heavy atom. The van der Waals surface area contributed by atoms with Crippen molar-refractivity contribution in [2.24, 2.45) is 5.73 Å². The predicted molar refractivity (Wildman–Crippen MR) is 68.6 cm³/mol. The molecule has 0 aromatic carbocycles. The molecule has 0 fully saturated rings. The zero-order valence-corrected chi connectivity index (χ0v) is 11.2. The molecular weight excluding hydrogens is 246 g/mol. The molecule has 0 saturated carbocycles. The lowest BCUT2D eigenvalue weighted by molar-refractivity contribution is 0.334. The topological polar surface area (TPSA) is 100.0 Å². The lowest BCUT2D eigenvalue weighted by Crippen LogP contribution is -2.24. The number of rotatable bonds is 5. The Hall–Kier alpha value is -2.02. The minimum Gasteiger partial charge on any atom is -0.481 e. The third-order valence-corrected chi connectivity index (χ3v) is 2.91. The molecule has 0 aliphatic heterocycles. The molecule has 0 radical (unpaired) electrons. The van der Waals surface area contributed by atoms with E-state index in [0.717, 1.165) is 6.42 Å². The van der Waals surface area contributed by atoms with Gasteiger partial charge in [-0.05, 0) is 13.3 Å². The Balaban J connectivity index is 2.29. The van der Waals surface area contributed by atoms with E-state index in [1.54, 1.807) is 6.07 Å². The zero-order valence-electron chi connectivity index (χ0n) is 11.2. The molecule has 0 aliphatic rings. The Morgan fingerprint density at radius 2 is 2.21 bits per heavy atom. The molecule has 7 heteroatoms. The van der Waals surface area contributed by atoms with Gasteiger partial charge in [0.1, 0.15) is 12.0 Å². The van der Waals surface area contributed by atoms with Crippen molar-refractivity contribution in [1.29, 1.82) is 0 Å². The number of ether oxygens (including phenoxy) is 1. The van der Waals surface area contributed by atoms with E-state index in [1.165, 1.54) is 13.4 Å². The van der Waals surface area contributed by atoms with Crippen LogP contribution in [-0.4, -0.2) is 33.3 Å². The second-order valence-electron chi connectivity index (χ2n) is 4.28. The highest BCUT2D eigenvalue weighted by molar-refractivity contribution is 5.49. The summed E-state index contributed by atoms with van der Waals surface area (Å²) in [6.07, 6.45) is 2.24. The van der Waals surface area contributed by atoms with Crippen LogP contribution in [0.4, 0.5) is 0 Å². The molecule has 2 aromatic rings. The van der Waals surface area contributed by atoms with E-state index in [0.29, 0.717) is 23.3 Å². The molecule has 0 amide bonds. The smallest absolute Gasteiger partial charge is 0.231 e. The second-order valence-corrected chi connectivity index (χ2v) is 4.28. The number of nitrogens with zero attached hydrogens (tertiary/aromatic N) is 4. The first-order valence-electron chi connectivity index (χ1n) is 6.11. The van der Waals surface area contributed by atoms with Crippen LogP contribution in [0.2, 0.25) is 0 Å². The van der Waals surface area contributed by atoms with E-state index in [2.05, 4.69) is 20.1 Å². The molecule has 2 rings (SSSR count). The molecule has 102 valence electrons. The molecule has 2 unspecified atom stereocenters. The lowest BCUT2D eigenvalue weighted by atomic mass is 9.99. The van der Waals surface area contributed by atoms with E-state index >= 15 is 0 Å². The Labute approximate surface area is 111 Å². The highest BCUT2D eigenvalue weighted by Gasteiger charge is 2.22. The molecule has 2 aromatic heterocycles. The van der Waals surface area contributed by atoms with Crippen molar-refractivity contribution in [1.82, 2.24) is 20.1 Å². The van der Waals surface area contributed by atoms with Crippen LogP contribution in [0, 0.1) is 0 Å². The first-order chi connectivity index (χ1) is 9.15. The van der Waals surface area contributed by atoms with Gasteiger partial charge in [-0.2, -0.15) is 4.98 Å². The van der Waals surface area contributed by atoms with Crippen LogP contribution >= 0.6 is 0 Å². The van der Waals surface area contributed by atoms with Gasteiger partial charge in [0.15, 0.2) is 0 Å². The van der Waals surface area contributed by atoms with Crippen molar-refractivity contribution < 1.29 is 9.26 Å². The minimum absolute atomic E-state index is 0.0433. The van der Waals surface area contributed by atoms with E-state index in [-0.39, 0.29) is 12.0 Å². The average Bonchev–Trinajstić information content (AvgIpc) is 2.89. The lowest BCUT2D eigenvalue weighted by Gasteiger charge is -2.13. The molecule has 0 bridgehead atoms. The van der Waals surface area contributed by atoms with Gasteiger partial charge in [-0.3, -0.25) is 0 Å². The maximum Gasteiger partial charge on any atom is 0.231 e. The van der Waals surface area contributed by atoms with Crippen LogP contribution in [0.25, 0.3) is 11.5 Å². The van der Waals surface area contributed by atoms with Gasteiger partial charge in [-0.15, -0.1) is 0 Å². The zero-order chi connectivity index (χ0) is 13.8. The number of nitrogens with two attached hydrogens (primary N) is 1. The fourth-order valence-electron chi connectivity index (χ4n) is 1.83.